The average molecular weight is 508 g/mol. The minimum Gasteiger partial charge on any atom is -0.490 e. The lowest BCUT2D eigenvalue weighted by Crippen LogP contribution is -2.58. The zero-order valence-electron chi connectivity index (χ0n) is 20.9. The van der Waals surface area contributed by atoms with E-state index < -0.39 is 5.60 Å². The van der Waals surface area contributed by atoms with Crippen molar-refractivity contribution in [1.29, 1.82) is 0 Å². The van der Waals surface area contributed by atoms with Crippen molar-refractivity contribution in [3.63, 3.8) is 0 Å². The summed E-state index contributed by atoms with van der Waals surface area (Å²) in [4.78, 5) is 34.0. The minimum atomic E-state index is -1.09. The Kier molecular flexibility index (Phi) is 8.35. The number of nitrogens with zero attached hydrogens (tertiary/aromatic N) is 3. The molecule has 37 heavy (non-hydrogen) atoms. The molecule has 194 valence electrons. The molecule has 1 aliphatic rings. The molecule has 0 radical (unpaired) electrons. The summed E-state index contributed by atoms with van der Waals surface area (Å²) in [6.45, 7) is 1.18. The third-order valence-corrected chi connectivity index (χ3v) is 6.21. The van der Waals surface area contributed by atoms with Crippen LogP contribution in [0.1, 0.15) is 22.3 Å². The fraction of sp³-hybridized carbons (Fsp3) is 0.321. The van der Waals surface area contributed by atoms with E-state index in [9.17, 15) is 14.0 Å². The van der Waals surface area contributed by atoms with Crippen molar-refractivity contribution in [2.75, 3.05) is 40.5 Å². The Labute approximate surface area is 215 Å². The molecule has 1 aromatic heterocycles. The number of morpholine rings is 1. The molecule has 2 heterocycles. The Morgan fingerprint density at radius 3 is 2.54 bits per heavy atom. The Morgan fingerprint density at radius 2 is 1.86 bits per heavy atom. The molecule has 1 aliphatic heterocycles. The summed E-state index contributed by atoms with van der Waals surface area (Å²) >= 11 is 0. The Morgan fingerprint density at radius 1 is 1.11 bits per heavy atom. The van der Waals surface area contributed by atoms with Gasteiger partial charge in [-0.25, -0.2) is 9.37 Å². The van der Waals surface area contributed by atoms with E-state index in [0.29, 0.717) is 30.3 Å². The number of carbonyl (C=O) groups excluding carboxylic acids is 2. The lowest BCUT2D eigenvalue weighted by Gasteiger charge is -2.42. The second-order valence-corrected chi connectivity index (χ2v) is 9.00. The van der Waals surface area contributed by atoms with E-state index in [1.165, 1.54) is 37.6 Å². The molecule has 3 aromatic rings. The van der Waals surface area contributed by atoms with Crippen LogP contribution in [0.4, 0.5) is 4.39 Å². The van der Waals surface area contributed by atoms with Gasteiger partial charge in [-0.15, -0.1) is 0 Å². The second kappa shape index (κ2) is 11.8. The van der Waals surface area contributed by atoms with Crippen molar-refractivity contribution < 1.29 is 28.2 Å². The molecule has 9 heteroatoms. The number of pyridine rings is 1. The topological polar surface area (TPSA) is 81.2 Å². The molecule has 1 atom stereocenters. The highest BCUT2D eigenvalue weighted by atomic mass is 19.1. The van der Waals surface area contributed by atoms with Gasteiger partial charge in [-0.1, -0.05) is 30.3 Å². The maximum absolute atomic E-state index is 13.4. The molecule has 0 saturated carbocycles. The van der Waals surface area contributed by atoms with Crippen molar-refractivity contribution in [3.05, 3.63) is 89.9 Å². The maximum Gasteiger partial charge on any atom is 0.255 e. The number of benzene rings is 2. The van der Waals surface area contributed by atoms with Crippen molar-refractivity contribution in [3.8, 4) is 11.6 Å². The van der Waals surface area contributed by atoms with Crippen molar-refractivity contribution in [2.45, 2.75) is 18.6 Å². The normalized spacial score (nSPS) is 17.2. The Hall–Kier alpha value is -3.98. The molecule has 0 spiro atoms. The van der Waals surface area contributed by atoms with Crippen molar-refractivity contribution >= 4 is 11.8 Å². The summed E-state index contributed by atoms with van der Waals surface area (Å²) in [5, 5.41) is 0. The van der Waals surface area contributed by atoms with Gasteiger partial charge in [-0.2, -0.15) is 0 Å². The van der Waals surface area contributed by atoms with Gasteiger partial charge in [0, 0.05) is 32.4 Å². The second-order valence-electron chi connectivity index (χ2n) is 9.00. The number of halogens is 1. The molecule has 0 unspecified atom stereocenters. The summed E-state index contributed by atoms with van der Waals surface area (Å²) in [5.41, 5.74) is 0.316. The number of hydrogen-bond acceptors (Lipinski definition) is 6. The van der Waals surface area contributed by atoms with Crippen LogP contribution in [0.25, 0.3) is 0 Å². The number of methoxy groups -OCH3 is 1. The van der Waals surface area contributed by atoms with Crippen LogP contribution in [0.15, 0.2) is 72.9 Å². The SMILES string of the molecule is COc1ccc(C(=O)N2CCO[C@](COc3ccc(F)cc3)(CC(=O)N(C)Cc3ccccc3)C2)cn1. The number of aromatic nitrogens is 1. The molecular formula is C28H30FN3O5. The highest BCUT2D eigenvalue weighted by Crippen LogP contribution is 2.27. The fourth-order valence-corrected chi connectivity index (χ4v) is 4.18. The standard InChI is InChI=1S/C28H30FN3O5/c1-31(18-21-6-4-3-5-7-21)26(33)16-28(20-36-24-11-9-23(29)10-12-24)19-32(14-15-37-28)27(34)22-8-13-25(35-2)30-17-22/h3-13,17H,14-16,18-20H2,1-2H3/t28-/m1/s1. The molecule has 0 bridgehead atoms. The van der Waals surface area contributed by atoms with E-state index >= 15 is 0 Å². The van der Waals surface area contributed by atoms with Crippen LogP contribution in [0.5, 0.6) is 11.6 Å². The zero-order valence-corrected chi connectivity index (χ0v) is 20.9. The summed E-state index contributed by atoms with van der Waals surface area (Å²) in [5.74, 6) is 0.102. The van der Waals surface area contributed by atoms with Crippen molar-refractivity contribution in [2.24, 2.45) is 0 Å². The van der Waals surface area contributed by atoms with Gasteiger partial charge < -0.3 is 24.0 Å². The zero-order chi connectivity index (χ0) is 26.3. The smallest absolute Gasteiger partial charge is 0.255 e. The predicted octanol–water partition coefficient (Wildman–Crippen LogP) is 3.57. The first kappa shape index (κ1) is 26.1. The average Bonchev–Trinajstić information content (AvgIpc) is 2.93. The van der Waals surface area contributed by atoms with Crippen LogP contribution >= 0.6 is 0 Å². The van der Waals surface area contributed by atoms with Gasteiger partial charge in [0.25, 0.3) is 5.91 Å². The number of hydrogen-bond donors (Lipinski definition) is 0. The van der Waals surface area contributed by atoms with Crippen LogP contribution < -0.4 is 9.47 Å². The molecule has 1 fully saturated rings. The molecule has 1 saturated heterocycles. The van der Waals surface area contributed by atoms with Gasteiger partial charge in [0.15, 0.2) is 0 Å². The molecule has 2 amide bonds. The lowest BCUT2D eigenvalue weighted by molar-refractivity contribution is -0.152. The number of ether oxygens (including phenoxy) is 3. The van der Waals surface area contributed by atoms with E-state index in [-0.39, 0.29) is 43.8 Å². The van der Waals surface area contributed by atoms with Gasteiger partial charge in [0.2, 0.25) is 11.8 Å². The lowest BCUT2D eigenvalue weighted by atomic mass is 9.96. The fourth-order valence-electron chi connectivity index (χ4n) is 4.18. The third kappa shape index (κ3) is 6.83. The highest BCUT2D eigenvalue weighted by Gasteiger charge is 2.42. The van der Waals surface area contributed by atoms with Crippen LogP contribution in [0.2, 0.25) is 0 Å². The third-order valence-electron chi connectivity index (χ3n) is 6.21. The molecule has 0 aliphatic carbocycles. The molecule has 8 nitrogen and oxygen atoms in total. The Balaban J connectivity index is 1.52. The van der Waals surface area contributed by atoms with E-state index in [1.54, 1.807) is 29.0 Å². The number of carbonyl (C=O) groups is 2. The summed E-state index contributed by atoms with van der Waals surface area (Å²) in [7, 11) is 3.24. The van der Waals surface area contributed by atoms with Crippen molar-refractivity contribution in [1.82, 2.24) is 14.8 Å². The largest absolute Gasteiger partial charge is 0.490 e. The van der Waals surface area contributed by atoms with E-state index in [0.717, 1.165) is 5.56 Å². The van der Waals surface area contributed by atoms with Crippen LogP contribution in [-0.4, -0.2) is 72.7 Å². The number of amides is 2. The van der Waals surface area contributed by atoms with E-state index in [2.05, 4.69) is 4.98 Å². The molecular weight excluding hydrogens is 477 g/mol. The summed E-state index contributed by atoms with van der Waals surface area (Å²) in [6.07, 6.45) is 1.47. The number of rotatable bonds is 9. The quantitative estimate of drug-likeness (QED) is 0.441. The summed E-state index contributed by atoms with van der Waals surface area (Å²) in [6, 6.07) is 18.6. The van der Waals surface area contributed by atoms with Gasteiger partial charge in [0.1, 0.15) is 23.8 Å². The molecule has 4 rings (SSSR count). The van der Waals surface area contributed by atoms with Gasteiger partial charge in [-0.3, -0.25) is 9.59 Å². The predicted molar refractivity (Wildman–Crippen MR) is 135 cm³/mol. The monoisotopic (exact) mass is 507 g/mol. The van der Waals surface area contributed by atoms with Gasteiger partial charge in [0.05, 0.1) is 32.2 Å². The van der Waals surface area contributed by atoms with Crippen LogP contribution in [0.3, 0.4) is 0 Å². The van der Waals surface area contributed by atoms with Gasteiger partial charge in [-0.05, 0) is 35.9 Å². The van der Waals surface area contributed by atoms with E-state index in [1.807, 2.05) is 30.3 Å². The Bertz CT molecular complexity index is 1190. The van der Waals surface area contributed by atoms with Crippen LogP contribution in [-0.2, 0) is 16.1 Å². The highest BCUT2D eigenvalue weighted by molar-refractivity contribution is 5.94. The minimum absolute atomic E-state index is 0.00215. The molecule has 0 N–H and O–H groups in total. The van der Waals surface area contributed by atoms with Crippen LogP contribution in [0, 0.1) is 5.82 Å². The first-order valence-corrected chi connectivity index (χ1v) is 12.0. The first-order chi connectivity index (χ1) is 17.9. The van der Waals surface area contributed by atoms with Gasteiger partial charge >= 0.3 is 0 Å². The summed E-state index contributed by atoms with van der Waals surface area (Å²) < 4.78 is 30.5. The first-order valence-electron chi connectivity index (χ1n) is 12.0. The van der Waals surface area contributed by atoms with E-state index in [4.69, 9.17) is 14.2 Å². The molecule has 2 aromatic carbocycles. The maximum atomic E-state index is 13.4.